The van der Waals surface area contributed by atoms with Gasteiger partial charge in [-0.1, -0.05) is 59.8 Å². The zero-order chi connectivity index (χ0) is 34.2. The van der Waals surface area contributed by atoms with Gasteiger partial charge in [0.25, 0.3) is 0 Å². The molecule has 3 aromatic carbocycles. The van der Waals surface area contributed by atoms with Crippen molar-refractivity contribution in [2.24, 2.45) is 13.0 Å². The van der Waals surface area contributed by atoms with Crippen LogP contribution in [0.4, 0.5) is 0 Å². The van der Waals surface area contributed by atoms with Crippen LogP contribution in [-0.2, 0) is 37.8 Å². The van der Waals surface area contributed by atoms with Crippen LogP contribution in [0.25, 0.3) is 11.1 Å². The standard InChI is InChI=1S/C38H40ClN5O4S/c1-23-25(22-48-34-12-10-28-27(30(34)19-40)9-11-32(28)44-16-13-24(20-44)37(46)47)5-3-6-26(23)29-7-4-8-35(36(29)39)49-38-41-31-21-43(17-18-45)15-14-33(31)42(38)2/h3-8,10,12,24,32,45H,9,11,13-18,20-22H2,1-2H3,(H,46,47)/t24-,32-/m1/s1. The van der Waals surface area contributed by atoms with Crippen molar-refractivity contribution in [3.8, 4) is 22.9 Å². The van der Waals surface area contributed by atoms with Crippen molar-refractivity contribution in [1.29, 1.82) is 5.26 Å². The van der Waals surface area contributed by atoms with Crippen LogP contribution in [0.2, 0.25) is 5.02 Å². The Bertz CT molecular complexity index is 1960. The molecule has 0 amide bonds. The largest absolute Gasteiger partial charge is 0.488 e. The van der Waals surface area contributed by atoms with E-state index in [1.807, 2.05) is 36.4 Å². The minimum Gasteiger partial charge on any atom is -0.488 e. The third kappa shape index (κ3) is 6.46. The number of benzene rings is 3. The van der Waals surface area contributed by atoms with Crippen LogP contribution in [0, 0.1) is 24.2 Å². The summed E-state index contributed by atoms with van der Waals surface area (Å²) < 4.78 is 8.51. The second-order valence-corrected chi connectivity index (χ2v) is 14.6. The molecule has 11 heteroatoms. The highest BCUT2D eigenvalue weighted by Gasteiger charge is 2.37. The molecule has 4 aromatic rings. The van der Waals surface area contributed by atoms with Crippen molar-refractivity contribution in [1.82, 2.24) is 19.4 Å². The minimum atomic E-state index is -0.731. The van der Waals surface area contributed by atoms with E-state index in [0.717, 1.165) is 88.0 Å². The van der Waals surface area contributed by atoms with Crippen LogP contribution in [0.5, 0.6) is 5.75 Å². The number of likely N-dealkylation sites (tertiary alicyclic amines) is 1. The lowest BCUT2D eigenvalue weighted by Gasteiger charge is -2.25. The molecule has 0 spiro atoms. The summed E-state index contributed by atoms with van der Waals surface area (Å²) in [6.07, 6.45) is 3.22. The van der Waals surface area contributed by atoms with Gasteiger partial charge in [0, 0.05) is 61.8 Å². The Labute approximate surface area is 296 Å². The Morgan fingerprint density at radius 3 is 2.71 bits per heavy atom. The number of rotatable bonds is 10. The van der Waals surface area contributed by atoms with Gasteiger partial charge in [-0.15, -0.1) is 0 Å². The molecule has 3 aliphatic rings. The SMILES string of the molecule is Cc1c(COc2ccc3c(c2C#N)CC[C@H]3N2CC[C@@H](C(=O)O)C2)cccc1-c1cccc(Sc2nc3c(n2C)CCN(CCO)C3)c1Cl. The second kappa shape index (κ2) is 14.2. The van der Waals surface area contributed by atoms with Gasteiger partial charge in [0.15, 0.2) is 5.16 Å². The number of aliphatic hydroxyl groups excluding tert-OH is 1. The van der Waals surface area contributed by atoms with E-state index in [9.17, 15) is 20.3 Å². The molecular formula is C38H40ClN5O4S. The van der Waals surface area contributed by atoms with Gasteiger partial charge in [-0.2, -0.15) is 5.26 Å². The van der Waals surface area contributed by atoms with Gasteiger partial charge in [-0.3, -0.25) is 14.6 Å². The minimum absolute atomic E-state index is 0.142. The number of carbonyl (C=O) groups is 1. The van der Waals surface area contributed by atoms with Gasteiger partial charge in [-0.25, -0.2) is 4.98 Å². The number of halogens is 1. The van der Waals surface area contributed by atoms with Crippen molar-refractivity contribution in [2.45, 2.75) is 61.9 Å². The van der Waals surface area contributed by atoms with E-state index in [1.165, 1.54) is 5.69 Å². The number of aromatic nitrogens is 2. The molecule has 1 aromatic heterocycles. The molecule has 3 heterocycles. The van der Waals surface area contributed by atoms with Gasteiger partial charge in [0.05, 0.1) is 28.8 Å². The summed E-state index contributed by atoms with van der Waals surface area (Å²) in [6.45, 7) is 6.14. The third-order valence-electron chi connectivity index (χ3n) is 10.5. The zero-order valence-electron chi connectivity index (χ0n) is 27.8. The van der Waals surface area contributed by atoms with Crippen molar-refractivity contribution >= 4 is 29.3 Å². The average Bonchev–Trinajstić information content (AvgIpc) is 3.83. The first-order valence-corrected chi connectivity index (χ1v) is 18.0. The van der Waals surface area contributed by atoms with E-state index < -0.39 is 5.97 Å². The predicted molar refractivity (Wildman–Crippen MR) is 189 cm³/mol. The smallest absolute Gasteiger partial charge is 0.307 e. The number of hydrogen-bond acceptors (Lipinski definition) is 8. The number of nitriles is 1. The Hall–Kier alpha value is -3.85. The van der Waals surface area contributed by atoms with Gasteiger partial charge < -0.3 is 19.5 Å². The fourth-order valence-corrected chi connectivity index (χ4v) is 9.01. The number of carboxylic acids is 1. The monoisotopic (exact) mass is 697 g/mol. The van der Waals surface area contributed by atoms with Crippen LogP contribution in [0.3, 0.4) is 0 Å². The number of β-amino-alcohol motifs (C(OH)–C–C–N with tert-alkyl or cyclic N) is 1. The molecule has 7 rings (SSSR count). The number of carboxylic acid groups (broad SMARTS) is 1. The first-order valence-electron chi connectivity index (χ1n) is 16.9. The van der Waals surface area contributed by atoms with Gasteiger partial charge >= 0.3 is 5.97 Å². The highest BCUT2D eigenvalue weighted by Crippen LogP contribution is 2.43. The number of ether oxygens (including phenoxy) is 1. The molecule has 254 valence electrons. The van der Waals surface area contributed by atoms with E-state index in [1.54, 1.807) is 11.8 Å². The van der Waals surface area contributed by atoms with Crippen LogP contribution >= 0.6 is 23.4 Å². The molecule has 2 atom stereocenters. The summed E-state index contributed by atoms with van der Waals surface area (Å²) in [5.41, 5.74) is 9.04. The molecule has 49 heavy (non-hydrogen) atoms. The summed E-state index contributed by atoms with van der Waals surface area (Å²) in [5, 5.41) is 30.6. The molecular weight excluding hydrogens is 658 g/mol. The Kier molecular flexibility index (Phi) is 9.73. The third-order valence-corrected chi connectivity index (χ3v) is 12.1. The molecule has 0 bridgehead atoms. The Morgan fingerprint density at radius 1 is 1.12 bits per heavy atom. The molecule has 2 aliphatic heterocycles. The number of aliphatic hydroxyl groups is 1. The lowest BCUT2D eigenvalue weighted by molar-refractivity contribution is -0.141. The second-order valence-electron chi connectivity index (χ2n) is 13.2. The van der Waals surface area contributed by atoms with Gasteiger partial charge in [0.1, 0.15) is 18.4 Å². The lowest BCUT2D eigenvalue weighted by atomic mass is 9.96. The summed E-state index contributed by atoms with van der Waals surface area (Å²) in [6, 6.07) is 18.7. The molecule has 0 saturated carbocycles. The molecule has 0 unspecified atom stereocenters. The molecule has 1 aliphatic carbocycles. The quantitative estimate of drug-likeness (QED) is 0.194. The van der Waals surface area contributed by atoms with Gasteiger partial charge in [0.2, 0.25) is 0 Å². The van der Waals surface area contributed by atoms with Crippen LogP contribution in [0.15, 0.2) is 58.6 Å². The fraction of sp³-hybridized carbons (Fsp3) is 0.395. The Morgan fingerprint density at radius 2 is 1.94 bits per heavy atom. The maximum atomic E-state index is 11.5. The molecule has 2 N–H and O–H groups in total. The lowest BCUT2D eigenvalue weighted by Crippen LogP contribution is -2.33. The van der Waals surface area contributed by atoms with Crippen molar-refractivity contribution < 1.29 is 19.7 Å². The highest BCUT2D eigenvalue weighted by molar-refractivity contribution is 7.99. The fourth-order valence-electron chi connectivity index (χ4n) is 7.72. The number of fused-ring (bicyclic) bond motifs is 2. The zero-order valence-corrected chi connectivity index (χ0v) is 29.4. The molecule has 0 radical (unpaired) electrons. The summed E-state index contributed by atoms with van der Waals surface area (Å²) in [7, 11) is 2.06. The number of imidazole rings is 1. The normalized spacial score (nSPS) is 19.1. The van der Waals surface area contributed by atoms with E-state index in [-0.39, 0.29) is 18.6 Å². The summed E-state index contributed by atoms with van der Waals surface area (Å²) >= 11 is 8.68. The first kappa shape index (κ1) is 33.6. The molecule has 1 saturated heterocycles. The van der Waals surface area contributed by atoms with Crippen LogP contribution in [-0.4, -0.2) is 68.3 Å². The van der Waals surface area contributed by atoms with Crippen molar-refractivity contribution in [3.63, 3.8) is 0 Å². The van der Waals surface area contributed by atoms with Crippen molar-refractivity contribution in [2.75, 3.05) is 32.8 Å². The maximum Gasteiger partial charge on any atom is 0.307 e. The number of hydrogen-bond donors (Lipinski definition) is 2. The highest BCUT2D eigenvalue weighted by atomic mass is 35.5. The summed E-state index contributed by atoms with van der Waals surface area (Å²) in [5.74, 6) is -0.482. The first-order chi connectivity index (χ1) is 23.8. The van der Waals surface area contributed by atoms with Crippen LogP contribution < -0.4 is 4.74 Å². The van der Waals surface area contributed by atoms with E-state index in [2.05, 4.69) is 46.5 Å². The Balaban J connectivity index is 1.08. The summed E-state index contributed by atoms with van der Waals surface area (Å²) in [4.78, 5) is 21.9. The van der Waals surface area contributed by atoms with Crippen molar-refractivity contribution in [3.05, 3.63) is 92.8 Å². The van der Waals surface area contributed by atoms with Gasteiger partial charge in [-0.05, 0) is 72.7 Å². The topological polar surface area (TPSA) is 115 Å². The predicted octanol–water partition coefficient (Wildman–Crippen LogP) is 6.40. The van der Waals surface area contributed by atoms with E-state index in [4.69, 9.17) is 21.3 Å². The van der Waals surface area contributed by atoms with Crippen LogP contribution in [0.1, 0.15) is 58.1 Å². The van der Waals surface area contributed by atoms with E-state index in [0.29, 0.717) is 42.5 Å². The average molecular weight is 698 g/mol. The number of aliphatic carboxylic acids is 1. The molecule has 1 fully saturated rings. The maximum absolute atomic E-state index is 11.5. The number of nitrogens with zero attached hydrogens (tertiary/aromatic N) is 5. The molecule has 9 nitrogen and oxygen atoms in total. The van der Waals surface area contributed by atoms with E-state index >= 15 is 0 Å².